The maximum absolute atomic E-state index is 14.6. The summed E-state index contributed by atoms with van der Waals surface area (Å²) in [7, 11) is 0. The van der Waals surface area contributed by atoms with Crippen LogP contribution in [0, 0.1) is 5.82 Å². The van der Waals surface area contributed by atoms with Crippen LogP contribution in [0.2, 0.25) is 10.2 Å². The van der Waals surface area contributed by atoms with E-state index < -0.39 is 29.8 Å². The van der Waals surface area contributed by atoms with Gasteiger partial charge in [0, 0.05) is 35.6 Å². The van der Waals surface area contributed by atoms with Crippen molar-refractivity contribution in [3.05, 3.63) is 81.0 Å². The molecular formula is C23H19Cl2F3N4O. The van der Waals surface area contributed by atoms with Crippen molar-refractivity contribution in [3.63, 3.8) is 0 Å². The van der Waals surface area contributed by atoms with Gasteiger partial charge in [-0.3, -0.25) is 9.79 Å². The van der Waals surface area contributed by atoms with Crippen LogP contribution >= 0.6 is 23.2 Å². The molecule has 3 heterocycles. The molecule has 172 valence electrons. The summed E-state index contributed by atoms with van der Waals surface area (Å²) in [5.74, 6) is -1.09. The van der Waals surface area contributed by atoms with E-state index in [1.54, 1.807) is 12.1 Å². The van der Waals surface area contributed by atoms with Gasteiger partial charge in [-0.25, -0.2) is 18.2 Å². The number of pyridine rings is 1. The zero-order valence-electron chi connectivity index (χ0n) is 17.6. The fourth-order valence-corrected chi connectivity index (χ4v) is 4.22. The minimum atomic E-state index is -2.96. The van der Waals surface area contributed by atoms with Gasteiger partial charge in [-0.05, 0) is 26.0 Å². The first-order chi connectivity index (χ1) is 15.7. The molecule has 2 atom stereocenters. The van der Waals surface area contributed by atoms with Crippen molar-refractivity contribution in [3.8, 4) is 0 Å². The van der Waals surface area contributed by atoms with E-state index in [0.717, 1.165) is 6.07 Å². The molecule has 0 fully saturated rings. The number of fused-ring (bicyclic) bond motifs is 1. The Kier molecular flexibility index (Phi) is 6.50. The number of benzene rings is 1. The number of nitrogens with zero attached hydrogens (tertiary/aromatic N) is 3. The molecule has 0 unspecified atom stereocenters. The van der Waals surface area contributed by atoms with Gasteiger partial charge in [0.15, 0.2) is 0 Å². The molecule has 0 spiro atoms. The van der Waals surface area contributed by atoms with Crippen LogP contribution in [0.5, 0.6) is 0 Å². The van der Waals surface area contributed by atoms with Crippen molar-refractivity contribution >= 4 is 40.5 Å². The van der Waals surface area contributed by atoms with Crippen molar-refractivity contribution in [2.75, 3.05) is 6.54 Å². The van der Waals surface area contributed by atoms with E-state index in [0.29, 0.717) is 23.5 Å². The van der Waals surface area contributed by atoms with Crippen LogP contribution in [0.25, 0.3) is 5.57 Å². The Morgan fingerprint density at radius 2 is 1.97 bits per heavy atom. The van der Waals surface area contributed by atoms with Gasteiger partial charge in [0.2, 0.25) is 0 Å². The fourth-order valence-electron chi connectivity index (χ4n) is 3.84. The lowest BCUT2D eigenvalue weighted by molar-refractivity contribution is -0.117. The third kappa shape index (κ3) is 4.50. The quantitative estimate of drug-likeness (QED) is 0.540. The molecule has 0 radical (unpaired) electrons. The van der Waals surface area contributed by atoms with E-state index in [-0.39, 0.29) is 27.4 Å². The largest absolute Gasteiger partial charge is 0.345 e. The van der Waals surface area contributed by atoms with Crippen LogP contribution < -0.4 is 5.32 Å². The predicted molar refractivity (Wildman–Crippen MR) is 122 cm³/mol. The molecule has 2 aliphatic rings. The van der Waals surface area contributed by atoms with Crippen LogP contribution in [-0.2, 0) is 4.79 Å². The van der Waals surface area contributed by atoms with Crippen LogP contribution in [0.4, 0.5) is 13.2 Å². The predicted octanol–water partition coefficient (Wildman–Crippen LogP) is 5.73. The Balaban J connectivity index is 1.67. The maximum Gasteiger partial charge on any atom is 0.266 e. The highest BCUT2D eigenvalue weighted by atomic mass is 35.5. The van der Waals surface area contributed by atoms with Crippen molar-refractivity contribution in [1.82, 2.24) is 15.2 Å². The number of nitrogens with one attached hydrogen (secondary N) is 1. The SMILES string of the molecule is C[C@@H]1CN2C=C(c3ccnc(Cl)c3Cl)C=C(C(=O)N[C@H](C)c3cccc(C(F)F)c3F)C2=N1. The Hall–Kier alpha value is -2.84. The second kappa shape index (κ2) is 9.19. The van der Waals surface area contributed by atoms with Gasteiger partial charge in [-0.1, -0.05) is 41.4 Å². The molecule has 1 aromatic heterocycles. The van der Waals surface area contributed by atoms with Gasteiger partial charge < -0.3 is 10.2 Å². The normalized spacial score (nSPS) is 18.5. The number of carbonyl (C=O) groups excluding carboxylic acids is 1. The highest BCUT2D eigenvalue weighted by Gasteiger charge is 2.32. The smallest absolute Gasteiger partial charge is 0.266 e. The van der Waals surface area contributed by atoms with E-state index in [1.807, 2.05) is 18.0 Å². The molecule has 10 heteroatoms. The molecule has 5 nitrogen and oxygen atoms in total. The molecule has 0 saturated heterocycles. The molecule has 1 N–H and O–H groups in total. The summed E-state index contributed by atoms with van der Waals surface area (Å²) in [6.45, 7) is 4.00. The molecular weight excluding hydrogens is 476 g/mol. The standard InChI is InChI=1S/C23H19Cl2F3N4O/c1-11-9-32-10-13(15-6-7-29-20(25)18(15)24)8-17(22(32)30-11)23(33)31-12(2)14-4-3-5-16(19(14)26)21(27)28/h3-8,10-12,21H,9H2,1-2H3,(H,31,33)/t11-,12-/m1/s1. The van der Waals surface area contributed by atoms with Crippen LogP contribution in [0.1, 0.15) is 43.0 Å². The Bertz CT molecular complexity index is 1210. The maximum atomic E-state index is 14.6. The van der Waals surface area contributed by atoms with Crippen LogP contribution in [-0.4, -0.2) is 34.2 Å². The molecule has 4 rings (SSSR count). The summed E-state index contributed by atoms with van der Waals surface area (Å²) in [6, 6.07) is 4.49. The number of hydrogen-bond donors (Lipinski definition) is 1. The van der Waals surface area contributed by atoms with E-state index in [4.69, 9.17) is 23.2 Å². The van der Waals surface area contributed by atoms with E-state index in [2.05, 4.69) is 15.3 Å². The molecule has 2 aliphatic heterocycles. The fraction of sp³-hybridized carbons (Fsp3) is 0.261. The van der Waals surface area contributed by atoms with Crippen LogP contribution in [0.3, 0.4) is 0 Å². The summed E-state index contributed by atoms with van der Waals surface area (Å²) >= 11 is 12.4. The lowest BCUT2D eigenvalue weighted by Crippen LogP contribution is -2.37. The highest BCUT2D eigenvalue weighted by molar-refractivity contribution is 6.42. The van der Waals surface area contributed by atoms with Gasteiger partial charge in [-0.15, -0.1) is 0 Å². The summed E-state index contributed by atoms with van der Waals surface area (Å²) in [5, 5.41) is 3.08. The monoisotopic (exact) mass is 494 g/mol. The number of rotatable bonds is 5. The molecule has 2 aromatic rings. The third-order valence-corrected chi connectivity index (χ3v) is 6.19. The van der Waals surface area contributed by atoms with E-state index in [1.165, 1.54) is 25.3 Å². The lowest BCUT2D eigenvalue weighted by Gasteiger charge is -2.25. The average Bonchev–Trinajstić information content (AvgIpc) is 3.14. The first-order valence-electron chi connectivity index (χ1n) is 10.1. The number of aromatic nitrogens is 1. The summed E-state index contributed by atoms with van der Waals surface area (Å²) in [6.07, 6.45) is 2.00. The highest BCUT2D eigenvalue weighted by Crippen LogP contribution is 2.34. The molecule has 0 aliphatic carbocycles. The second-order valence-corrected chi connectivity index (χ2v) is 8.54. The van der Waals surface area contributed by atoms with Gasteiger partial charge in [0.1, 0.15) is 16.8 Å². The molecule has 0 saturated carbocycles. The topological polar surface area (TPSA) is 57.6 Å². The Morgan fingerprint density at radius 3 is 2.70 bits per heavy atom. The summed E-state index contributed by atoms with van der Waals surface area (Å²) in [4.78, 5) is 23.6. The summed E-state index contributed by atoms with van der Waals surface area (Å²) < 4.78 is 40.7. The number of hydrogen-bond acceptors (Lipinski definition) is 4. The first kappa shape index (κ1) is 23.3. The Labute approximate surface area is 198 Å². The number of alkyl halides is 2. The van der Waals surface area contributed by atoms with Gasteiger partial charge >= 0.3 is 0 Å². The van der Waals surface area contributed by atoms with E-state index in [9.17, 15) is 18.0 Å². The van der Waals surface area contributed by atoms with Crippen molar-refractivity contribution in [1.29, 1.82) is 0 Å². The van der Waals surface area contributed by atoms with Crippen molar-refractivity contribution in [2.24, 2.45) is 4.99 Å². The van der Waals surface area contributed by atoms with Gasteiger partial charge in [-0.2, -0.15) is 0 Å². The minimum absolute atomic E-state index is 0.0316. The molecule has 0 bridgehead atoms. The van der Waals surface area contributed by atoms with Gasteiger partial charge in [0.05, 0.1) is 28.2 Å². The average molecular weight is 495 g/mol. The summed E-state index contributed by atoms with van der Waals surface area (Å²) in [5.41, 5.74) is 0.722. The minimum Gasteiger partial charge on any atom is -0.345 e. The lowest BCUT2D eigenvalue weighted by atomic mass is 9.99. The second-order valence-electron chi connectivity index (χ2n) is 7.81. The number of amides is 1. The number of allylic oxidation sites excluding steroid dienone is 2. The molecule has 1 amide bonds. The number of amidine groups is 1. The van der Waals surface area contributed by atoms with Crippen LogP contribution in [0.15, 0.2) is 53.3 Å². The van der Waals surface area contributed by atoms with Gasteiger partial charge in [0.25, 0.3) is 12.3 Å². The number of aliphatic imine (C=N–C) groups is 1. The zero-order chi connectivity index (χ0) is 23.9. The van der Waals surface area contributed by atoms with Crippen molar-refractivity contribution < 1.29 is 18.0 Å². The molecule has 1 aromatic carbocycles. The van der Waals surface area contributed by atoms with Crippen molar-refractivity contribution in [2.45, 2.75) is 32.4 Å². The van der Waals surface area contributed by atoms with E-state index >= 15 is 0 Å². The number of carbonyl (C=O) groups is 1. The zero-order valence-corrected chi connectivity index (χ0v) is 19.1. The Morgan fingerprint density at radius 1 is 1.24 bits per heavy atom. The third-order valence-electron chi connectivity index (χ3n) is 5.42. The first-order valence-corrected chi connectivity index (χ1v) is 10.9. The molecule has 33 heavy (non-hydrogen) atoms. The number of halogens is 5.